The van der Waals surface area contributed by atoms with Crippen LogP contribution in [0.3, 0.4) is 0 Å². The van der Waals surface area contributed by atoms with Crippen LogP contribution in [0.4, 0.5) is 0 Å². The Labute approximate surface area is 117 Å². The highest BCUT2D eigenvalue weighted by Gasteiger charge is 2.24. The molecule has 1 aliphatic heterocycles. The van der Waals surface area contributed by atoms with Gasteiger partial charge >= 0.3 is 0 Å². The van der Waals surface area contributed by atoms with Gasteiger partial charge in [-0.25, -0.2) is 0 Å². The molecule has 2 heterocycles. The second-order valence-electron chi connectivity index (χ2n) is 5.11. The van der Waals surface area contributed by atoms with Gasteiger partial charge in [-0.3, -0.25) is 0 Å². The number of nitrogens with one attached hydrogen (secondary N) is 1. The van der Waals surface area contributed by atoms with E-state index in [1.165, 1.54) is 28.7 Å². The Bertz CT molecular complexity index is 366. The first-order valence-electron chi connectivity index (χ1n) is 6.26. The van der Waals surface area contributed by atoms with E-state index < -0.39 is 0 Å². The van der Waals surface area contributed by atoms with Crippen molar-refractivity contribution in [3.05, 3.63) is 20.8 Å². The van der Waals surface area contributed by atoms with Gasteiger partial charge in [0.25, 0.3) is 0 Å². The molecule has 1 aliphatic rings. The molecule has 3 atom stereocenters. The topological polar surface area (TPSA) is 15.3 Å². The molecular formula is C13H21BrN2S. The highest BCUT2D eigenvalue weighted by atomic mass is 79.9. The molecule has 0 radical (unpaired) electrons. The standard InChI is InChI=1S/C13H21BrN2S/c1-9-6-12(4-5-16(9)3)15-10(2)13-7-11(14)8-17-13/h7-10,12,15H,4-6H2,1-3H3. The minimum atomic E-state index is 0.465. The van der Waals surface area contributed by atoms with Crippen LogP contribution in [0, 0.1) is 0 Å². The first-order chi connectivity index (χ1) is 8.06. The van der Waals surface area contributed by atoms with Crippen molar-refractivity contribution in [1.82, 2.24) is 10.2 Å². The zero-order valence-electron chi connectivity index (χ0n) is 10.7. The number of piperidine rings is 1. The minimum absolute atomic E-state index is 0.465. The SMILES string of the molecule is CC(NC1CCN(C)C(C)C1)c1cc(Br)cs1. The van der Waals surface area contributed by atoms with E-state index in [2.05, 4.69) is 58.5 Å². The van der Waals surface area contributed by atoms with Gasteiger partial charge < -0.3 is 10.2 Å². The molecule has 0 aliphatic carbocycles. The number of hydrogen-bond acceptors (Lipinski definition) is 3. The van der Waals surface area contributed by atoms with Crippen molar-refractivity contribution in [2.75, 3.05) is 13.6 Å². The molecule has 17 heavy (non-hydrogen) atoms. The number of nitrogens with zero attached hydrogens (tertiary/aromatic N) is 1. The Hall–Kier alpha value is 0.1000. The van der Waals surface area contributed by atoms with E-state index in [0.717, 1.165) is 0 Å². The fourth-order valence-corrected chi connectivity index (χ4v) is 3.89. The van der Waals surface area contributed by atoms with E-state index in [-0.39, 0.29) is 0 Å². The molecule has 2 nitrogen and oxygen atoms in total. The van der Waals surface area contributed by atoms with E-state index in [1.807, 2.05) is 11.3 Å². The van der Waals surface area contributed by atoms with E-state index >= 15 is 0 Å². The second-order valence-corrected chi connectivity index (χ2v) is 6.97. The van der Waals surface area contributed by atoms with Crippen molar-refractivity contribution in [2.24, 2.45) is 0 Å². The van der Waals surface area contributed by atoms with Crippen LogP contribution in [-0.2, 0) is 0 Å². The van der Waals surface area contributed by atoms with Gasteiger partial charge in [-0.2, -0.15) is 0 Å². The lowest BCUT2D eigenvalue weighted by Crippen LogP contribution is -2.46. The van der Waals surface area contributed by atoms with Crippen LogP contribution >= 0.6 is 27.3 Å². The monoisotopic (exact) mass is 316 g/mol. The third kappa shape index (κ3) is 3.53. The Kier molecular flexibility index (Phi) is 4.64. The lowest BCUT2D eigenvalue weighted by Gasteiger charge is -2.36. The number of hydrogen-bond donors (Lipinski definition) is 1. The van der Waals surface area contributed by atoms with Crippen LogP contribution in [0.1, 0.15) is 37.6 Å². The fourth-order valence-electron chi connectivity index (χ4n) is 2.43. The van der Waals surface area contributed by atoms with E-state index in [9.17, 15) is 0 Å². The molecule has 0 bridgehead atoms. The zero-order valence-corrected chi connectivity index (χ0v) is 13.1. The van der Waals surface area contributed by atoms with Gasteiger partial charge in [0.05, 0.1) is 0 Å². The molecule has 0 saturated carbocycles. The zero-order chi connectivity index (χ0) is 12.4. The number of halogens is 1. The lowest BCUT2D eigenvalue weighted by atomic mass is 9.98. The average molecular weight is 317 g/mol. The second kappa shape index (κ2) is 5.83. The van der Waals surface area contributed by atoms with Crippen LogP contribution in [0.5, 0.6) is 0 Å². The van der Waals surface area contributed by atoms with Crippen molar-refractivity contribution < 1.29 is 0 Å². The van der Waals surface area contributed by atoms with Crippen LogP contribution < -0.4 is 5.32 Å². The average Bonchev–Trinajstić information content (AvgIpc) is 2.70. The molecular weight excluding hydrogens is 296 g/mol. The molecule has 1 aromatic heterocycles. The molecule has 3 unspecified atom stereocenters. The summed E-state index contributed by atoms with van der Waals surface area (Å²) in [4.78, 5) is 3.87. The molecule has 0 aromatic carbocycles. The molecule has 96 valence electrons. The summed E-state index contributed by atoms with van der Waals surface area (Å²) in [5.74, 6) is 0. The summed E-state index contributed by atoms with van der Waals surface area (Å²) in [6.07, 6.45) is 2.52. The maximum atomic E-state index is 3.76. The number of rotatable bonds is 3. The first kappa shape index (κ1) is 13.5. The lowest BCUT2D eigenvalue weighted by molar-refractivity contribution is 0.164. The molecule has 1 saturated heterocycles. The number of thiophene rings is 1. The predicted octanol–water partition coefficient (Wildman–Crippen LogP) is 3.64. The van der Waals surface area contributed by atoms with Crippen molar-refractivity contribution in [3.8, 4) is 0 Å². The summed E-state index contributed by atoms with van der Waals surface area (Å²) in [5, 5.41) is 5.92. The Morgan fingerprint density at radius 3 is 2.94 bits per heavy atom. The van der Waals surface area contributed by atoms with E-state index in [4.69, 9.17) is 0 Å². The smallest absolute Gasteiger partial charge is 0.0388 e. The van der Waals surface area contributed by atoms with Gasteiger partial charge in [0.2, 0.25) is 0 Å². The van der Waals surface area contributed by atoms with Crippen LogP contribution in [0.25, 0.3) is 0 Å². The van der Waals surface area contributed by atoms with Crippen LogP contribution in [-0.4, -0.2) is 30.6 Å². The fraction of sp³-hybridized carbons (Fsp3) is 0.692. The number of likely N-dealkylation sites (tertiary alicyclic amines) is 1. The quantitative estimate of drug-likeness (QED) is 0.915. The molecule has 1 fully saturated rings. The van der Waals surface area contributed by atoms with Crippen LogP contribution in [0.2, 0.25) is 0 Å². The molecule has 2 rings (SSSR count). The van der Waals surface area contributed by atoms with Gasteiger partial charge in [-0.1, -0.05) is 0 Å². The largest absolute Gasteiger partial charge is 0.307 e. The van der Waals surface area contributed by atoms with E-state index in [1.54, 1.807) is 0 Å². The summed E-state index contributed by atoms with van der Waals surface area (Å²) >= 11 is 5.35. The maximum Gasteiger partial charge on any atom is 0.0388 e. The van der Waals surface area contributed by atoms with Crippen molar-refractivity contribution in [2.45, 2.75) is 44.8 Å². The summed E-state index contributed by atoms with van der Waals surface area (Å²) in [6, 6.07) is 4.05. The molecule has 1 aromatic rings. The molecule has 1 N–H and O–H groups in total. The summed E-state index contributed by atoms with van der Waals surface area (Å²) in [7, 11) is 2.22. The normalized spacial score (nSPS) is 28.2. The minimum Gasteiger partial charge on any atom is -0.307 e. The molecule has 0 amide bonds. The Balaban J connectivity index is 1.89. The third-order valence-corrected chi connectivity index (χ3v) is 5.58. The Morgan fingerprint density at radius 2 is 2.35 bits per heavy atom. The van der Waals surface area contributed by atoms with Gasteiger partial charge in [0.15, 0.2) is 0 Å². The first-order valence-corrected chi connectivity index (χ1v) is 7.93. The highest BCUT2D eigenvalue weighted by Crippen LogP contribution is 2.27. The molecule has 4 heteroatoms. The van der Waals surface area contributed by atoms with Crippen molar-refractivity contribution in [1.29, 1.82) is 0 Å². The van der Waals surface area contributed by atoms with Gasteiger partial charge in [-0.15, -0.1) is 11.3 Å². The van der Waals surface area contributed by atoms with Crippen molar-refractivity contribution in [3.63, 3.8) is 0 Å². The summed E-state index contributed by atoms with van der Waals surface area (Å²) in [5.41, 5.74) is 0. The van der Waals surface area contributed by atoms with Gasteiger partial charge in [-0.05, 0) is 62.3 Å². The van der Waals surface area contributed by atoms with Crippen molar-refractivity contribution >= 4 is 27.3 Å². The maximum absolute atomic E-state index is 3.76. The highest BCUT2D eigenvalue weighted by molar-refractivity contribution is 9.10. The predicted molar refractivity (Wildman–Crippen MR) is 78.7 cm³/mol. The molecule has 0 spiro atoms. The van der Waals surface area contributed by atoms with Crippen LogP contribution in [0.15, 0.2) is 15.9 Å². The third-order valence-electron chi connectivity index (χ3n) is 3.71. The van der Waals surface area contributed by atoms with Gasteiger partial charge in [0, 0.05) is 32.9 Å². The van der Waals surface area contributed by atoms with Gasteiger partial charge in [0.1, 0.15) is 0 Å². The van der Waals surface area contributed by atoms with E-state index in [0.29, 0.717) is 18.1 Å². The summed E-state index contributed by atoms with van der Waals surface area (Å²) < 4.78 is 1.20. The Morgan fingerprint density at radius 1 is 1.59 bits per heavy atom. The summed E-state index contributed by atoms with van der Waals surface area (Å²) in [6.45, 7) is 5.79.